The second-order valence-corrected chi connectivity index (χ2v) is 2.16. The summed E-state index contributed by atoms with van der Waals surface area (Å²) in [4.78, 5) is 2.24. The summed E-state index contributed by atoms with van der Waals surface area (Å²) in [6, 6.07) is 0. The number of aliphatic hydroxyl groups excluding tert-OH is 1. The molecule has 0 rings (SSSR count). The molecule has 2 heteroatoms. The van der Waals surface area contributed by atoms with Crippen molar-refractivity contribution in [2.75, 3.05) is 26.2 Å². The van der Waals surface area contributed by atoms with E-state index in [1.54, 1.807) is 0 Å². The summed E-state index contributed by atoms with van der Waals surface area (Å²) in [7, 11) is 0. The molecular weight excluding hydrogens is 138 g/mol. The average Bonchev–Trinajstić information content (AvgIpc) is 2.08. The Kier molecular flexibility index (Phi) is 15.4. The lowest BCUT2D eigenvalue weighted by Gasteiger charge is -2.17. The summed E-state index contributed by atoms with van der Waals surface area (Å²) in [6.45, 7) is 11.5. The fraction of sp³-hybridized carbons (Fsp3) is 1.00. The van der Waals surface area contributed by atoms with Crippen molar-refractivity contribution in [1.82, 2.24) is 4.90 Å². The highest BCUT2D eigenvalue weighted by Crippen LogP contribution is 1.88. The second kappa shape index (κ2) is 12.6. The molecule has 0 aliphatic rings. The van der Waals surface area contributed by atoms with E-state index in [9.17, 15) is 0 Å². The van der Waals surface area contributed by atoms with Gasteiger partial charge < -0.3 is 10.0 Å². The number of rotatable bonds is 5. The Hall–Kier alpha value is -0.0800. The van der Waals surface area contributed by atoms with Crippen molar-refractivity contribution in [3.05, 3.63) is 0 Å². The summed E-state index contributed by atoms with van der Waals surface area (Å²) in [5.74, 6) is 0. The summed E-state index contributed by atoms with van der Waals surface area (Å²) >= 11 is 0. The van der Waals surface area contributed by atoms with Crippen molar-refractivity contribution < 1.29 is 5.11 Å². The lowest BCUT2D eigenvalue weighted by atomic mass is 10.4. The first-order chi connectivity index (χ1) is 5.35. The Labute approximate surface area is 71.2 Å². The minimum Gasteiger partial charge on any atom is -0.395 e. The van der Waals surface area contributed by atoms with Crippen molar-refractivity contribution >= 4 is 0 Å². The molecule has 0 fully saturated rings. The van der Waals surface area contributed by atoms with Gasteiger partial charge in [0.15, 0.2) is 0 Å². The first-order valence-corrected chi connectivity index (χ1v) is 4.68. The Morgan fingerprint density at radius 3 is 1.91 bits per heavy atom. The standard InChI is InChI=1S/C7H17NO.C2H6/c1-3-5-8(4-2)6-7-9;1-2/h9H,3-7H2,1-2H3;1-2H3. The molecule has 0 unspecified atom stereocenters. The molecule has 1 N–H and O–H groups in total. The van der Waals surface area contributed by atoms with E-state index in [-0.39, 0.29) is 6.61 Å². The molecule has 0 atom stereocenters. The molecule has 0 aromatic rings. The van der Waals surface area contributed by atoms with Crippen LogP contribution in [-0.4, -0.2) is 36.2 Å². The van der Waals surface area contributed by atoms with Gasteiger partial charge in [0.2, 0.25) is 0 Å². The maximum Gasteiger partial charge on any atom is 0.0558 e. The molecule has 2 nitrogen and oxygen atoms in total. The number of likely N-dealkylation sites (N-methyl/N-ethyl adjacent to an activating group) is 1. The van der Waals surface area contributed by atoms with Gasteiger partial charge >= 0.3 is 0 Å². The maximum atomic E-state index is 8.55. The van der Waals surface area contributed by atoms with Crippen molar-refractivity contribution in [3.63, 3.8) is 0 Å². The Bertz CT molecular complexity index is 51.5. The molecule has 11 heavy (non-hydrogen) atoms. The van der Waals surface area contributed by atoms with Crippen LogP contribution in [0.5, 0.6) is 0 Å². The lowest BCUT2D eigenvalue weighted by molar-refractivity contribution is 0.202. The monoisotopic (exact) mass is 161 g/mol. The molecule has 0 aromatic heterocycles. The zero-order valence-corrected chi connectivity index (χ0v) is 8.43. The molecule has 0 bridgehead atoms. The fourth-order valence-corrected chi connectivity index (χ4v) is 0.886. The maximum absolute atomic E-state index is 8.55. The van der Waals surface area contributed by atoms with Crippen LogP contribution >= 0.6 is 0 Å². The number of hydrogen-bond donors (Lipinski definition) is 1. The molecule has 0 radical (unpaired) electrons. The van der Waals surface area contributed by atoms with E-state index in [4.69, 9.17) is 5.11 Å². The van der Waals surface area contributed by atoms with Gasteiger partial charge in [-0.3, -0.25) is 0 Å². The fourth-order valence-electron chi connectivity index (χ4n) is 0.886. The predicted octanol–water partition coefficient (Wildman–Crippen LogP) is 1.74. The highest BCUT2D eigenvalue weighted by Gasteiger charge is 1.96. The summed E-state index contributed by atoms with van der Waals surface area (Å²) in [6.07, 6.45) is 1.17. The summed E-state index contributed by atoms with van der Waals surface area (Å²) in [5, 5.41) is 8.55. The molecule has 0 aliphatic heterocycles. The quantitative estimate of drug-likeness (QED) is 0.664. The van der Waals surface area contributed by atoms with Gasteiger partial charge in [-0.25, -0.2) is 0 Å². The van der Waals surface area contributed by atoms with Gasteiger partial charge in [-0.05, 0) is 19.5 Å². The van der Waals surface area contributed by atoms with Crippen LogP contribution in [0.2, 0.25) is 0 Å². The lowest BCUT2D eigenvalue weighted by Crippen LogP contribution is -2.27. The van der Waals surface area contributed by atoms with Crippen LogP contribution in [0.3, 0.4) is 0 Å². The van der Waals surface area contributed by atoms with Crippen LogP contribution in [0.4, 0.5) is 0 Å². The van der Waals surface area contributed by atoms with Gasteiger partial charge in [0, 0.05) is 6.54 Å². The minimum atomic E-state index is 0.286. The molecule has 0 heterocycles. The van der Waals surface area contributed by atoms with Crippen LogP contribution in [0.15, 0.2) is 0 Å². The zero-order valence-electron chi connectivity index (χ0n) is 8.43. The van der Waals surface area contributed by atoms with Crippen LogP contribution in [-0.2, 0) is 0 Å². The van der Waals surface area contributed by atoms with E-state index < -0.39 is 0 Å². The smallest absolute Gasteiger partial charge is 0.0558 e. The van der Waals surface area contributed by atoms with Crippen LogP contribution in [0, 0.1) is 0 Å². The Balaban J connectivity index is 0. The highest BCUT2D eigenvalue weighted by atomic mass is 16.3. The van der Waals surface area contributed by atoms with Crippen LogP contribution in [0.25, 0.3) is 0 Å². The van der Waals surface area contributed by atoms with Gasteiger partial charge in [0.1, 0.15) is 0 Å². The van der Waals surface area contributed by atoms with Gasteiger partial charge in [0.05, 0.1) is 6.61 Å². The molecule has 0 saturated carbocycles. The average molecular weight is 161 g/mol. The predicted molar refractivity (Wildman–Crippen MR) is 50.8 cm³/mol. The van der Waals surface area contributed by atoms with Crippen LogP contribution < -0.4 is 0 Å². The largest absolute Gasteiger partial charge is 0.395 e. The van der Waals surface area contributed by atoms with Crippen molar-refractivity contribution in [2.24, 2.45) is 0 Å². The molecule has 0 aliphatic carbocycles. The first kappa shape index (κ1) is 13.5. The number of nitrogens with zero attached hydrogens (tertiary/aromatic N) is 1. The van der Waals surface area contributed by atoms with Gasteiger partial charge in [-0.2, -0.15) is 0 Å². The van der Waals surface area contributed by atoms with E-state index in [0.29, 0.717) is 0 Å². The summed E-state index contributed by atoms with van der Waals surface area (Å²) < 4.78 is 0. The minimum absolute atomic E-state index is 0.286. The molecule has 0 spiro atoms. The summed E-state index contributed by atoms with van der Waals surface area (Å²) in [5.41, 5.74) is 0. The van der Waals surface area contributed by atoms with Gasteiger partial charge in [-0.1, -0.05) is 27.7 Å². The Morgan fingerprint density at radius 1 is 1.09 bits per heavy atom. The van der Waals surface area contributed by atoms with Gasteiger partial charge in [0.25, 0.3) is 0 Å². The van der Waals surface area contributed by atoms with Crippen molar-refractivity contribution in [3.8, 4) is 0 Å². The highest BCUT2D eigenvalue weighted by molar-refractivity contribution is 4.51. The van der Waals surface area contributed by atoms with Crippen molar-refractivity contribution in [2.45, 2.75) is 34.1 Å². The van der Waals surface area contributed by atoms with E-state index in [1.807, 2.05) is 13.8 Å². The molecule has 0 saturated heterocycles. The third-order valence-corrected chi connectivity index (χ3v) is 1.40. The van der Waals surface area contributed by atoms with Crippen LogP contribution in [0.1, 0.15) is 34.1 Å². The third-order valence-electron chi connectivity index (χ3n) is 1.40. The SMILES string of the molecule is CC.CCCN(CC)CCO. The third kappa shape index (κ3) is 9.92. The molecule has 0 aromatic carbocycles. The van der Waals surface area contributed by atoms with Gasteiger partial charge in [-0.15, -0.1) is 0 Å². The molecule has 70 valence electrons. The topological polar surface area (TPSA) is 23.5 Å². The second-order valence-electron chi connectivity index (χ2n) is 2.16. The Morgan fingerprint density at radius 2 is 1.64 bits per heavy atom. The van der Waals surface area contributed by atoms with Crippen molar-refractivity contribution in [1.29, 1.82) is 0 Å². The molecular formula is C9H23NO. The number of hydrogen-bond acceptors (Lipinski definition) is 2. The van der Waals surface area contributed by atoms with E-state index in [1.165, 1.54) is 6.42 Å². The molecule has 0 amide bonds. The van der Waals surface area contributed by atoms with E-state index >= 15 is 0 Å². The van der Waals surface area contributed by atoms with E-state index in [0.717, 1.165) is 19.6 Å². The number of aliphatic hydroxyl groups is 1. The normalized spacial score (nSPS) is 9.27. The zero-order chi connectivity index (χ0) is 9.11. The first-order valence-electron chi connectivity index (χ1n) is 4.68. The van der Waals surface area contributed by atoms with E-state index in [2.05, 4.69) is 18.7 Å².